The van der Waals surface area contributed by atoms with Crippen LogP contribution >= 0.6 is 0 Å². The van der Waals surface area contributed by atoms with E-state index in [-0.39, 0.29) is 5.78 Å². The van der Waals surface area contributed by atoms with Gasteiger partial charge in [-0.1, -0.05) is 0 Å². The van der Waals surface area contributed by atoms with Gasteiger partial charge in [-0.15, -0.1) is 0 Å². The first kappa shape index (κ1) is 13.4. The van der Waals surface area contributed by atoms with Gasteiger partial charge in [-0.25, -0.2) is 0 Å². The van der Waals surface area contributed by atoms with Crippen molar-refractivity contribution >= 4 is 5.78 Å². The van der Waals surface area contributed by atoms with Crippen LogP contribution in [0.1, 0.15) is 32.9 Å². The van der Waals surface area contributed by atoms with Gasteiger partial charge in [-0.05, 0) is 50.6 Å². The SMILES string of the molecule is COc1ccc(C(=O)c2c(C)c(C)n(C)c2C)cc1. The second-order valence-electron chi connectivity index (χ2n) is 4.79. The van der Waals surface area contributed by atoms with Crippen LogP contribution in [0.2, 0.25) is 0 Å². The third-order valence-corrected chi connectivity index (χ3v) is 3.87. The van der Waals surface area contributed by atoms with Crippen LogP contribution in [0.5, 0.6) is 5.75 Å². The fourth-order valence-corrected chi connectivity index (χ4v) is 2.34. The van der Waals surface area contributed by atoms with Crippen molar-refractivity contribution in [2.24, 2.45) is 7.05 Å². The molecule has 0 aliphatic rings. The molecule has 0 spiro atoms. The Morgan fingerprint density at radius 2 is 1.63 bits per heavy atom. The molecular formula is C16H19NO2. The topological polar surface area (TPSA) is 31.2 Å². The van der Waals surface area contributed by atoms with Crippen LogP contribution in [0.15, 0.2) is 24.3 Å². The van der Waals surface area contributed by atoms with Gasteiger partial charge in [0.25, 0.3) is 0 Å². The molecule has 2 rings (SSSR count). The molecule has 1 aromatic carbocycles. The van der Waals surface area contributed by atoms with E-state index in [1.165, 1.54) is 0 Å². The van der Waals surface area contributed by atoms with Crippen LogP contribution in [-0.4, -0.2) is 17.5 Å². The van der Waals surface area contributed by atoms with Crippen LogP contribution in [0.3, 0.4) is 0 Å². The highest BCUT2D eigenvalue weighted by Gasteiger charge is 2.19. The zero-order valence-corrected chi connectivity index (χ0v) is 12.1. The van der Waals surface area contributed by atoms with Crippen molar-refractivity contribution < 1.29 is 9.53 Å². The van der Waals surface area contributed by atoms with E-state index in [0.717, 1.165) is 28.3 Å². The van der Waals surface area contributed by atoms with Gasteiger partial charge in [0.2, 0.25) is 0 Å². The van der Waals surface area contributed by atoms with E-state index in [0.29, 0.717) is 5.56 Å². The van der Waals surface area contributed by atoms with E-state index < -0.39 is 0 Å². The Kier molecular flexibility index (Phi) is 3.47. The van der Waals surface area contributed by atoms with Crippen LogP contribution in [0, 0.1) is 20.8 Å². The first-order valence-corrected chi connectivity index (χ1v) is 6.28. The summed E-state index contributed by atoms with van der Waals surface area (Å²) in [5.41, 5.74) is 4.70. The lowest BCUT2D eigenvalue weighted by Crippen LogP contribution is -2.04. The van der Waals surface area contributed by atoms with Gasteiger partial charge in [0.1, 0.15) is 5.75 Å². The van der Waals surface area contributed by atoms with Crippen molar-refractivity contribution in [3.8, 4) is 5.75 Å². The summed E-state index contributed by atoms with van der Waals surface area (Å²) < 4.78 is 7.17. The minimum absolute atomic E-state index is 0.0707. The molecule has 0 aliphatic heterocycles. The average Bonchev–Trinajstić information content (AvgIpc) is 2.62. The van der Waals surface area contributed by atoms with E-state index in [2.05, 4.69) is 4.57 Å². The maximum atomic E-state index is 12.6. The Bertz CT molecular complexity index is 596. The molecule has 1 heterocycles. The number of nitrogens with zero attached hydrogens (tertiary/aromatic N) is 1. The van der Waals surface area contributed by atoms with Crippen molar-refractivity contribution in [1.82, 2.24) is 4.57 Å². The quantitative estimate of drug-likeness (QED) is 0.791. The fourth-order valence-electron chi connectivity index (χ4n) is 2.34. The summed E-state index contributed by atoms with van der Waals surface area (Å²) in [6.07, 6.45) is 0. The Labute approximate surface area is 113 Å². The summed E-state index contributed by atoms with van der Waals surface area (Å²) in [5, 5.41) is 0. The predicted octanol–water partition coefficient (Wildman–Crippen LogP) is 3.19. The molecule has 2 aromatic rings. The molecule has 0 amide bonds. The molecule has 3 heteroatoms. The third-order valence-electron chi connectivity index (χ3n) is 3.87. The summed E-state index contributed by atoms with van der Waals surface area (Å²) in [4.78, 5) is 12.6. The molecular weight excluding hydrogens is 238 g/mol. The molecule has 0 saturated carbocycles. The van der Waals surface area contributed by atoms with Crippen molar-refractivity contribution in [2.45, 2.75) is 20.8 Å². The molecule has 0 unspecified atom stereocenters. The largest absolute Gasteiger partial charge is 0.497 e. The van der Waals surface area contributed by atoms with E-state index in [1.807, 2.05) is 52.1 Å². The molecule has 0 radical (unpaired) electrons. The smallest absolute Gasteiger partial charge is 0.195 e. The number of carbonyl (C=O) groups excluding carboxylic acids is 1. The highest BCUT2D eigenvalue weighted by atomic mass is 16.5. The molecule has 1 aromatic heterocycles. The van der Waals surface area contributed by atoms with Gasteiger partial charge >= 0.3 is 0 Å². The number of hydrogen-bond acceptors (Lipinski definition) is 2. The van der Waals surface area contributed by atoms with E-state index in [9.17, 15) is 4.79 Å². The summed E-state index contributed by atoms with van der Waals surface area (Å²) in [6.45, 7) is 6.02. The molecule has 0 bridgehead atoms. The van der Waals surface area contributed by atoms with Gasteiger partial charge in [0.05, 0.1) is 7.11 Å². The maximum Gasteiger partial charge on any atom is 0.195 e. The Balaban J connectivity index is 2.47. The van der Waals surface area contributed by atoms with Gasteiger partial charge in [-0.3, -0.25) is 4.79 Å². The van der Waals surface area contributed by atoms with Crippen molar-refractivity contribution in [2.75, 3.05) is 7.11 Å². The standard InChI is InChI=1S/C16H19NO2/c1-10-11(2)17(4)12(3)15(10)16(18)13-6-8-14(19-5)9-7-13/h6-9H,1-5H3. The first-order chi connectivity index (χ1) is 8.97. The lowest BCUT2D eigenvalue weighted by molar-refractivity contribution is 0.103. The second kappa shape index (κ2) is 4.92. The number of rotatable bonds is 3. The number of benzene rings is 1. The van der Waals surface area contributed by atoms with Gasteiger partial charge in [0, 0.05) is 29.6 Å². The zero-order chi connectivity index (χ0) is 14.2. The lowest BCUT2D eigenvalue weighted by Gasteiger charge is -2.04. The molecule has 0 saturated heterocycles. The number of methoxy groups -OCH3 is 1. The predicted molar refractivity (Wildman–Crippen MR) is 76.1 cm³/mol. The second-order valence-corrected chi connectivity index (χ2v) is 4.79. The van der Waals surface area contributed by atoms with Crippen molar-refractivity contribution in [1.29, 1.82) is 0 Å². The lowest BCUT2D eigenvalue weighted by atomic mass is 10.00. The number of carbonyl (C=O) groups is 1. The highest BCUT2D eigenvalue weighted by Crippen LogP contribution is 2.24. The minimum Gasteiger partial charge on any atom is -0.497 e. The van der Waals surface area contributed by atoms with Gasteiger partial charge in [-0.2, -0.15) is 0 Å². The molecule has 0 N–H and O–H groups in total. The zero-order valence-electron chi connectivity index (χ0n) is 12.1. The number of aromatic nitrogens is 1. The van der Waals surface area contributed by atoms with Crippen molar-refractivity contribution in [3.63, 3.8) is 0 Å². The number of hydrogen-bond donors (Lipinski definition) is 0. The van der Waals surface area contributed by atoms with E-state index >= 15 is 0 Å². The number of ether oxygens (including phenoxy) is 1. The third kappa shape index (κ3) is 2.16. The summed E-state index contributed by atoms with van der Waals surface area (Å²) in [5.74, 6) is 0.829. The van der Waals surface area contributed by atoms with Gasteiger partial charge in [0.15, 0.2) is 5.78 Å². The highest BCUT2D eigenvalue weighted by molar-refractivity contribution is 6.11. The summed E-state index contributed by atoms with van der Waals surface area (Å²) in [6, 6.07) is 7.24. The van der Waals surface area contributed by atoms with E-state index in [1.54, 1.807) is 7.11 Å². The number of ketones is 1. The molecule has 0 atom stereocenters. The van der Waals surface area contributed by atoms with Crippen molar-refractivity contribution in [3.05, 3.63) is 52.3 Å². The average molecular weight is 257 g/mol. The summed E-state index contributed by atoms with van der Waals surface area (Å²) in [7, 11) is 3.61. The molecule has 3 nitrogen and oxygen atoms in total. The van der Waals surface area contributed by atoms with Crippen LogP contribution in [-0.2, 0) is 7.05 Å². The Morgan fingerprint density at radius 3 is 2.05 bits per heavy atom. The minimum atomic E-state index is 0.0707. The fraction of sp³-hybridized carbons (Fsp3) is 0.312. The molecule has 0 aliphatic carbocycles. The molecule has 100 valence electrons. The van der Waals surface area contributed by atoms with E-state index in [4.69, 9.17) is 4.74 Å². The van der Waals surface area contributed by atoms with Crippen LogP contribution in [0.4, 0.5) is 0 Å². The molecule has 19 heavy (non-hydrogen) atoms. The first-order valence-electron chi connectivity index (χ1n) is 6.28. The van der Waals surface area contributed by atoms with Gasteiger partial charge < -0.3 is 9.30 Å². The Morgan fingerprint density at radius 1 is 1.05 bits per heavy atom. The van der Waals surface area contributed by atoms with Crippen LogP contribution in [0.25, 0.3) is 0 Å². The van der Waals surface area contributed by atoms with Crippen LogP contribution < -0.4 is 4.74 Å². The molecule has 0 fully saturated rings. The normalized spacial score (nSPS) is 10.6. The maximum absolute atomic E-state index is 12.6. The monoisotopic (exact) mass is 257 g/mol. The Hall–Kier alpha value is -2.03. The summed E-state index contributed by atoms with van der Waals surface area (Å²) >= 11 is 0.